The minimum atomic E-state index is 0.741. The Bertz CT molecular complexity index is 645. The van der Waals surface area contributed by atoms with Crippen LogP contribution in [0.5, 0.6) is 0 Å². The number of rotatable bonds is 11. The van der Waals surface area contributed by atoms with Crippen molar-refractivity contribution in [2.45, 2.75) is 90.5 Å². The van der Waals surface area contributed by atoms with Gasteiger partial charge in [-0.25, -0.2) is 0 Å². The topological polar surface area (TPSA) is 19.0 Å². The van der Waals surface area contributed by atoms with Crippen LogP contribution in [0.25, 0.3) is 10.9 Å². The number of fused-ring (bicyclic) bond motifs is 3. The van der Waals surface area contributed by atoms with Crippen LogP contribution in [0.1, 0.15) is 82.9 Å². The number of hydrogen-bond donors (Lipinski definition) is 1. The fourth-order valence-corrected chi connectivity index (χ4v) is 4.62. The van der Waals surface area contributed by atoms with E-state index in [1.807, 2.05) is 0 Å². The van der Waals surface area contributed by atoms with E-state index in [4.69, 9.17) is 0 Å². The van der Waals surface area contributed by atoms with Crippen LogP contribution in [0.2, 0.25) is 0 Å². The smallest absolute Gasteiger partial charge is 0.0458 e. The Hall–Kier alpha value is -1.28. The Morgan fingerprint density at radius 2 is 1.62 bits per heavy atom. The number of aromatic nitrogens is 1. The van der Waals surface area contributed by atoms with E-state index < -0.39 is 0 Å². The first-order valence-corrected chi connectivity index (χ1v) is 11.2. The second-order valence-corrected chi connectivity index (χ2v) is 8.18. The lowest BCUT2D eigenvalue weighted by Crippen LogP contribution is -2.40. The molecule has 0 spiro atoms. The second-order valence-electron chi connectivity index (χ2n) is 8.18. The standard InChI is InChI=1S/C24H38N2/c1-3-5-7-11-17-26(18-12-8-6-4-2)20-15-16-24-22(19-20)21-13-9-10-14-23(21)25-24/h9-10,13-14,20,25H,3-8,11-12,15-19H2,1-2H3. The fraction of sp³-hybridized carbons (Fsp3) is 0.667. The van der Waals surface area contributed by atoms with Crippen LogP contribution in [-0.2, 0) is 12.8 Å². The predicted octanol–water partition coefficient (Wildman–Crippen LogP) is 6.49. The maximum atomic E-state index is 3.68. The highest BCUT2D eigenvalue weighted by molar-refractivity contribution is 5.84. The number of para-hydroxylation sites is 1. The van der Waals surface area contributed by atoms with Gasteiger partial charge >= 0.3 is 0 Å². The van der Waals surface area contributed by atoms with E-state index >= 15 is 0 Å². The van der Waals surface area contributed by atoms with Gasteiger partial charge in [0, 0.05) is 22.6 Å². The van der Waals surface area contributed by atoms with Gasteiger partial charge in [-0.1, -0.05) is 70.6 Å². The Morgan fingerprint density at radius 3 is 2.31 bits per heavy atom. The van der Waals surface area contributed by atoms with Gasteiger partial charge in [0.05, 0.1) is 0 Å². The van der Waals surface area contributed by atoms with E-state index in [0.717, 1.165) is 6.04 Å². The zero-order valence-corrected chi connectivity index (χ0v) is 17.0. The summed E-state index contributed by atoms with van der Waals surface area (Å²) >= 11 is 0. The first kappa shape index (κ1) is 19.5. The average Bonchev–Trinajstić information content (AvgIpc) is 3.04. The number of aromatic amines is 1. The third-order valence-corrected chi connectivity index (χ3v) is 6.18. The molecule has 1 aliphatic rings. The van der Waals surface area contributed by atoms with Crippen molar-refractivity contribution in [3.05, 3.63) is 35.5 Å². The molecule has 2 heteroatoms. The summed E-state index contributed by atoms with van der Waals surface area (Å²) in [7, 11) is 0. The van der Waals surface area contributed by atoms with Crippen molar-refractivity contribution in [2.24, 2.45) is 0 Å². The van der Waals surface area contributed by atoms with Gasteiger partial charge in [0.2, 0.25) is 0 Å². The van der Waals surface area contributed by atoms with Gasteiger partial charge in [-0.2, -0.15) is 0 Å². The number of aryl methyl sites for hydroxylation is 1. The van der Waals surface area contributed by atoms with E-state index in [9.17, 15) is 0 Å². The first-order valence-electron chi connectivity index (χ1n) is 11.2. The molecule has 0 amide bonds. The van der Waals surface area contributed by atoms with Gasteiger partial charge in [0.1, 0.15) is 0 Å². The lowest BCUT2D eigenvalue weighted by atomic mass is 9.90. The molecular formula is C24H38N2. The SMILES string of the molecule is CCCCCCN(CCCCCC)C1CCc2[nH]c3ccccc3c2C1. The normalized spacial score (nSPS) is 17.1. The third-order valence-electron chi connectivity index (χ3n) is 6.18. The van der Waals surface area contributed by atoms with E-state index in [2.05, 4.69) is 48.0 Å². The van der Waals surface area contributed by atoms with Crippen LogP contribution >= 0.6 is 0 Å². The summed E-state index contributed by atoms with van der Waals surface area (Å²) in [5.74, 6) is 0. The Labute approximate surface area is 160 Å². The average molecular weight is 355 g/mol. The van der Waals surface area contributed by atoms with Crippen molar-refractivity contribution in [1.29, 1.82) is 0 Å². The molecule has 1 aromatic heterocycles. The molecule has 3 rings (SSSR count). The van der Waals surface area contributed by atoms with Crippen LogP contribution in [0.15, 0.2) is 24.3 Å². The number of unbranched alkanes of at least 4 members (excludes halogenated alkanes) is 6. The molecule has 0 radical (unpaired) electrons. The summed E-state index contributed by atoms with van der Waals surface area (Å²) in [6.07, 6.45) is 14.8. The number of benzene rings is 1. The number of hydrogen-bond acceptors (Lipinski definition) is 1. The molecule has 2 aromatic rings. The second kappa shape index (κ2) is 10.2. The maximum absolute atomic E-state index is 3.68. The first-order chi connectivity index (χ1) is 12.8. The molecule has 0 bridgehead atoms. The van der Waals surface area contributed by atoms with Crippen LogP contribution in [0.4, 0.5) is 0 Å². The van der Waals surface area contributed by atoms with Crippen LogP contribution in [-0.4, -0.2) is 29.0 Å². The van der Waals surface area contributed by atoms with Crippen molar-refractivity contribution >= 4 is 10.9 Å². The molecule has 1 heterocycles. The minimum Gasteiger partial charge on any atom is -0.358 e. The molecule has 0 saturated carbocycles. The molecule has 1 atom stereocenters. The fourth-order valence-electron chi connectivity index (χ4n) is 4.62. The van der Waals surface area contributed by atoms with Crippen molar-refractivity contribution in [1.82, 2.24) is 9.88 Å². The Morgan fingerprint density at radius 1 is 0.923 bits per heavy atom. The van der Waals surface area contributed by atoms with Crippen molar-refractivity contribution in [2.75, 3.05) is 13.1 Å². The van der Waals surface area contributed by atoms with Crippen molar-refractivity contribution < 1.29 is 0 Å². The van der Waals surface area contributed by atoms with Gasteiger partial charge in [0.15, 0.2) is 0 Å². The lowest BCUT2D eigenvalue weighted by molar-refractivity contribution is 0.172. The Kier molecular flexibility index (Phi) is 7.61. The summed E-state index contributed by atoms with van der Waals surface area (Å²) in [5, 5.41) is 1.46. The summed E-state index contributed by atoms with van der Waals surface area (Å²) in [4.78, 5) is 6.52. The van der Waals surface area contributed by atoms with Gasteiger partial charge in [-0.3, -0.25) is 0 Å². The van der Waals surface area contributed by atoms with Gasteiger partial charge in [-0.05, 0) is 56.8 Å². The lowest BCUT2D eigenvalue weighted by Gasteiger charge is -2.34. The van der Waals surface area contributed by atoms with E-state index in [-0.39, 0.29) is 0 Å². The van der Waals surface area contributed by atoms with Crippen molar-refractivity contribution in [3.8, 4) is 0 Å². The highest BCUT2D eigenvalue weighted by atomic mass is 15.1. The summed E-state index contributed by atoms with van der Waals surface area (Å²) < 4.78 is 0. The number of nitrogens with one attached hydrogen (secondary N) is 1. The van der Waals surface area contributed by atoms with Crippen molar-refractivity contribution in [3.63, 3.8) is 0 Å². The monoisotopic (exact) mass is 354 g/mol. The molecule has 2 nitrogen and oxygen atoms in total. The molecular weight excluding hydrogens is 316 g/mol. The maximum Gasteiger partial charge on any atom is 0.0458 e. The van der Waals surface area contributed by atoms with Crippen LogP contribution in [0, 0.1) is 0 Å². The predicted molar refractivity (Wildman–Crippen MR) is 114 cm³/mol. The summed E-state index contributed by atoms with van der Waals surface area (Å²) in [5.41, 5.74) is 4.43. The highest BCUT2D eigenvalue weighted by Crippen LogP contribution is 2.31. The quantitative estimate of drug-likeness (QED) is 0.457. The third kappa shape index (κ3) is 4.91. The van der Waals surface area contributed by atoms with Gasteiger partial charge in [0.25, 0.3) is 0 Å². The van der Waals surface area contributed by atoms with Crippen LogP contribution in [0.3, 0.4) is 0 Å². The van der Waals surface area contributed by atoms with E-state index in [1.54, 1.807) is 5.56 Å². The van der Waals surface area contributed by atoms with Gasteiger partial charge < -0.3 is 9.88 Å². The molecule has 0 fully saturated rings. The zero-order valence-electron chi connectivity index (χ0n) is 17.0. The molecule has 0 aliphatic heterocycles. The van der Waals surface area contributed by atoms with Crippen LogP contribution < -0.4 is 0 Å². The van der Waals surface area contributed by atoms with E-state index in [0.29, 0.717) is 0 Å². The largest absolute Gasteiger partial charge is 0.358 e. The number of H-pyrrole nitrogens is 1. The molecule has 144 valence electrons. The van der Waals surface area contributed by atoms with E-state index in [1.165, 1.54) is 100 Å². The highest BCUT2D eigenvalue weighted by Gasteiger charge is 2.26. The Balaban J connectivity index is 1.65. The summed E-state index contributed by atoms with van der Waals surface area (Å²) in [6.45, 7) is 7.22. The molecule has 1 aliphatic carbocycles. The minimum absolute atomic E-state index is 0.741. The molecule has 1 unspecified atom stereocenters. The summed E-state index contributed by atoms with van der Waals surface area (Å²) in [6, 6.07) is 9.61. The van der Waals surface area contributed by atoms with Gasteiger partial charge in [-0.15, -0.1) is 0 Å². The number of nitrogens with zero attached hydrogens (tertiary/aromatic N) is 1. The molecule has 0 saturated heterocycles. The zero-order chi connectivity index (χ0) is 18.2. The molecule has 26 heavy (non-hydrogen) atoms. The molecule has 1 aromatic carbocycles. The molecule has 1 N–H and O–H groups in total.